The minimum Gasteiger partial charge on any atom is -0.463 e. The molecule has 3 atom stereocenters. The highest BCUT2D eigenvalue weighted by Crippen LogP contribution is 2.54. The number of methoxy groups -OCH3 is 1. The van der Waals surface area contributed by atoms with Crippen LogP contribution >= 0.6 is 0 Å². The maximum Gasteiger partial charge on any atom is 0.373 e. The number of allylic oxidation sites excluding steroid dienone is 1. The Labute approximate surface area is 164 Å². The van der Waals surface area contributed by atoms with Gasteiger partial charge in [0.2, 0.25) is 11.5 Å². The molecule has 0 unspecified atom stereocenters. The third-order valence-corrected chi connectivity index (χ3v) is 10.9. The zero-order chi connectivity index (χ0) is 19.9. The molecule has 148 valence electrons. The molecule has 1 aliphatic heterocycles. The maximum atomic E-state index is 12.4. The van der Waals surface area contributed by atoms with E-state index in [1.165, 1.54) is 12.7 Å². The van der Waals surface area contributed by atoms with E-state index in [4.69, 9.17) is 13.9 Å². The van der Waals surface area contributed by atoms with Gasteiger partial charge in [-0.05, 0) is 42.6 Å². The molecule has 0 amide bonds. The van der Waals surface area contributed by atoms with Gasteiger partial charge in [-0.15, -0.1) is 0 Å². The Bertz CT molecular complexity index is 720. The first-order valence-corrected chi connectivity index (χ1v) is 12.7. The number of benzene rings is 1. The molecule has 2 aliphatic rings. The second-order valence-electron chi connectivity index (χ2n) is 9.23. The van der Waals surface area contributed by atoms with E-state index in [-0.39, 0.29) is 22.6 Å². The van der Waals surface area contributed by atoms with Crippen LogP contribution < -0.4 is 0 Å². The van der Waals surface area contributed by atoms with Gasteiger partial charge in [-0.2, -0.15) is 0 Å². The molecule has 1 aromatic rings. The molecule has 1 fully saturated rings. The van der Waals surface area contributed by atoms with Crippen LogP contribution in [0, 0.1) is 5.92 Å². The lowest BCUT2D eigenvalue weighted by atomic mass is 9.80. The van der Waals surface area contributed by atoms with Crippen molar-refractivity contribution in [3.8, 4) is 0 Å². The summed E-state index contributed by atoms with van der Waals surface area (Å²) < 4.78 is 18.2. The van der Waals surface area contributed by atoms with E-state index in [1.807, 2.05) is 24.3 Å². The number of esters is 1. The number of rotatable bonds is 4. The second-order valence-corrected chi connectivity index (χ2v) is 14.0. The zero-order valence-corrected chi connectivity index (χ0v) is 18.4. The average Bonchev–Trinajstić information content (AvgIpc) is 3.02. The van der Waals surface area contributed by atoms with Crippen LogP contribution in [0.5, 0.6) is 0 Å². The van der Waals surface area contributed by atoms with Gasteiger partial charge < -0.3 is 13.9 Å². The Balaban J connectivity index is 2.05. The summed E-state index contributed by atoms with van der Waals surface area (Å²) in [7, 11) is -0.702. The SMILES string of the molecule is COC(=O)C1=C[C@H](c2ccccc2)[C@@H]2CCC[C@]2(O[Si](C)(C)C(C)(C)C)O1. The largest absolute Gasteiger partial charge is 0.463 e. The fourth-order valence-corrected chi connectivity index (χ4v) is 5.46. The van der Waals surface area contributed by atoms with Gasteiger partial charge in [0, 0.05) is 18.3 Å². The van der Waals surface area contributed by atoms with E-state index < -0.39 is 20.1 Å². The van der Waals surface area contributed by atoms with Crippen molar-refractivity contribution in [2.75, 3.05) is 7.11 Å². The van der Waals surface area contributed by atoms with Gasteiger partial charge in [0.15, 0.2) is 8.32 Å². The van der Waals surface area contributed by atoms with Gasteiger partial charge in [-0.25, -0.2) is 4.79 Å². The van der Waals surface area contributed by atoms with Crippen molar-refractivity contribution in [2.45, 2.75) is 69.9 Å². The average molecular weight is 389 g/mol. The molecule has 1 aliphatic carbocycles. The van der Waals surface area contributed by atoms with Crippen LogP contribution in [0.15, 0.2) is 42.2 Å². The fourth-order valence-electron chi connectivity index (χ4n) is 4.00. The van der Waals surface area contributed by atoms with Crippen LogP contribution in [-0.2, 0) is 18.7 Å². The first-order valence-electron chi connectivity index (χ1n) is 9.84. The normalized spacial score (nSPS) is 28.1. The molecule has 1 aromatic carbocycles. The molecule has 0 saturated heterocycles. The first kappa shape index (κ1) is 20.1. The van der Waals surface area contributed by atoms with E-state index in [1.54, 1.807) is 0 Å². The van der Waals surface area contributed by atoms with Crippen LogP contribution in [0.1, 0.15) is 51.5 Å². The van der Waals surface area contributed by atoms with Crippen LogP contribution in [0.4, 0.5) is 0 Å². The van der Waals surface area contributed by atoms with Crippen molar-refractivity contribution in [1.82, 2.24) is 0 Å². The molecule has 5 heteroatoms. The van der Waals surface area contributed by atoms with Crippen molar-refractivity contribution in [3.05, 3.63) is 47.7 Å². The first-order chi connectivity index (χ1) is 12.6. The summed E-state index contributed by atoms with van der Waals surface area (Å²) in [5.74, 6) is -0.617. The molecular formula is C22H32O4Si. The van der Waals surface area contributed by atoms with E-state index >= 15 is 0 Å². The van der Waals surface area contributed by atoms with Crippen molar-refractivity contribution in [3.63, 3.8) is 0 Å². The molecule has 0 N–H and O–H groups in total. The number of hydrogen-bond acceptors (Lipinski definition) is 4. The predicted molar refractivity (Wildman–Crippen MR) is 109 cm³/mol. The van der Waals surface area contributed by atoms with Crippen molar-refractivity contribution < 1.29 is 18.7 Å². The van der Waals surface area contributed by atoms with E-state index in [9.17, 15) is 4.79 Å². The van der Waals surface area contributed by atoms with Gasteiger partial charge in [0.05, 0.1) is 7.11 Å². The molecule has 4 nitrogen and oxygen atoms in total. The predicted octanol–water partition coefficient (Wildman–Crippen LogP) is 5.38. The number of hydrogen-bond donors (Lipinski definition) is 0. The summed E-state index contributed by atoms with van der Waals surface area (Å²) in [5.41, 5.74) is 1.19. The Morgan fingerprint density at radius 3 is 2.48 bits per heavy atom. The van der Waals surface area contributed by atoms with Crippen molar-refractivity contribution >= 4 is 14.3 Å². The maximum absolute atomic E-state index is 12.4. The summed E-state index contributed by atoms with van der Waals surface area (Å²) >= 11 is 0. The molecule has 0 aromatic heterocycles. The highest BCUT2D eigenvalue weighted by atomic mass is 28.4. The molecule has 0 spiro atoms. The Morgan fingerprint density at radius 1 is 1.22 bits per heavy atom. The molecule has 0 bridgehead atoms. The molecule has 27 heavy (non-hydrogen) atoms. The quantitative estimate of drug-likeness (QED) is 0.513. The Hall–Kier alpha value is -1.59. The summed E-state index contributed by atoms with van der Waals surface area (Å²) in [6.07, 6.45) is 4.80. The summed E-state index contributed by atoms with van der Waals surface area (Å²) in [6, 6.07) is 10.3. The molecule has 1 heterocycles. The van der Waals surface area contributed by atoms with Gasteiger partial charge in [-0.3, -0.25) is 0 Å². The van der Waals surface area contributed by atoms with E-state index in [2.05, 4.69) is 46.0 Å². The molecule has 3 rings (SSSR count). The van der Waals surface area contributed by atoms with E-state index in [0.717, 1.165) is 19.3 Å². The number of carbonyl (C=O) groups excluding carboxylic acids is 1. The molecule has 1 saturated carbocycles. The summed E-state index contributed by atoms with van der Waals surface area (Å²) in [6.45, 7) is 11.2. The number of ether oxygens (including phenoxy) is 2. The summed E-state index contributed by atoms with van der Waals surface area (Å²) in [4.78, 5) is 12.4. The number of fused-ring (bicyclic) bond motifs is 1. The topological polar surface area (TPSA) is 44.8 Å². The monoisotopic (exact) mass is 388 g/mol. The number of carbonyl (C=O) groups is 1. The molecular weight excluding hydrogens is 356 g/mol. The highest BCUT2D eigenvalue weighted by Gasteiger charge is 2.57. The lowest BCUT2D eigenvalue weighted by Gasteiger charge is -2.49. The van der Waals surface area contributed by atoms with Gasteiger partial charge >= 0.3 is 5.97 Å². The van der Waals surface area contributed by atoms with Crippen LogP contribution in [0.2, 0.25) is 18.1 Å². The third-order valence-electron chi connectivity index (χ3n) is 6.46. The van der Waals surface area contributed by atoms with Crippen LogP contribution in [-0.4, -0.2) is 27.2 Å². The minimum absolute atomic E-state index is 0.0626. The van der Waals surface area contributed by atoms with Crippen LogP contribution in [0.25, 0.3) is 0 Å². The van der Waals surface area contributed by atoms with Gasteiger partial charge in [-0.1, -0.05) is 51.1 Å². The summed E-state index contributed by atoms with van der Waals surface area (Å²) in [5, 5.41) is 0.0626. The fraction of sp³-hybridized carbons (Fsp3) is 0.591. The van der Waals surface area contributed by atoms with Crippen LogP contribution in [0.3, 0.4) is 0 Å². The standard InChI is InChI=1S/C22H32O4Si/c1-21(2,3)27(5,6)26-22-14-10-13-18(22)17(16-11-8-7-9-12-16)15-19(25-22)20(23)24-4/h7-9,11-12,15,17-18H,10,13-14H2,1-6H3/t17-,18+,22-/m1/s1. The van der Waals surface area contributed by atoms with Crippen molar-refractivity contribution in [2.24, 2.45) is 5.92 Å². The second kappa shape index (κ2) is 7.10. The lowest BCUT2D eigenvalue weighted by Crippen LogP contribution is -2.55. The Morgan fingerprint density at radius 2 is 1.89 bits per heavy atom. The van der Waals surface area contributed by atoms with Crippen molar-refractivity contribution in [1.29, 1.82) is 0 Å². The van der Waals surface area contributed by atoms with E-state index in [0.29, 0.717) is 0 Å². The smallest absolute Gasteiger partial charge is 0.373 e. The lowest BCUT2D eigenvalue weighted by molar-refractivity contribution is -0.205. The van der Waals surface area contributed by atoms with Gasteiger partial charge in [0.1, 0.15) is 0 Å². The van der Waals surface area contributed by atoms with Gasteiger partial charge in [0.25, 0.3) is 0 Å². The minimum atomic E-state index is -2.10. The third kappa shape index (κ3) is 3.72. The highest BCUT2D eigenvalue weighted by molar-refractivity contribution is 6.74. The Kier molecular flexibility index (Phi) is 5.30. The zero-order valence-electron chi connectivity index (χ0n) is 17.4. The molecule has 0 radical (unpaired) electrons.